The van der Waals surface area contributed by atoms with Crippen LogP contribution >= 0.6 is 0 Å². The SMILES string of the molecule is CC(C)NC(=O)n1ncc2c3nn(-c4ccc(C(F)(F)F)cc4)c(=O)c-3c[nH]c21. The van der Waals surface area contributed by atoms with Crippen molar-refractivity contribution in [1.82, 2.24) is 29.9 Å². The lowest BCUT2D eigenvalue weighted by Crippen LogP contribution is -2.34. The zero-order valence-electron chi connectivity index (χ0n) is 15.3. The molecule has 1 aromatic heterocycles. The van der Waals surface area contributed by atoms with Gasteiger partial charge in [-0.15, -0.1) is 0 Å². The first kappa shape index (κ1) is 18.7. The van der Waals surface area contributed by atoms with E-state index in [1.54, 1.807) is 13.8 Å². The van der Waals surface area contributed by atoms with Gasteiger partial charge in [0.25, 0.3) is 5.56 Å². The molecule has 0 unspecified atom stereocenters. The highest BCUT2D eigenvalue weighted by Crippen LogP contribution is 2.30. The lowest BCUT2D eigenvalue weighted by atomic mass is 10.2. The molecule has 150 valence electrons. The summed E-state index contributed by atoms with van der Waals surface area (Å²) < 4.78 is 40.4. The lowest BCUT2D eigenvalue weighted by molar-refractivity contribution is -0.137. The molecule has 3 heterocycles. The fourth-order valence-electron chi connectivity index (χ4n) is 2.97. The summed E-state index contributed by atoms with van der Waals surface area (Å²) in [5.74, 6) is 0. The molecular weight excluding hydrogens is 389 g/mol. The molecule has 2 aliphatic rings. The molecule has 0 aliphatic carbocycles. The molecule has 11 heteroatoms. The number of alkyl halides is 3. The summed E-state index contributed by atoms with van der Waals surface area (Å²) in [7, 11) is 0. The van der Waals surface area contributed by atoms with Crippen LogP contribution in [0, 0.1) is 0 Å². The Hall–Kier alpha value is -3.63. The van der Waals surface area contributed by atoms with Gasteiger partial charge >= 0.3 is 12.2 Å². The third kappa shape index (κ3) is 3.13. The van der Waals surface area contributed by atoms with Gasteiger partial charge < -0.3 is 10.3 Å². The highest BCUT2D eigenvalue weighted by Gasteiger charge is 2.30. The van der Waals surface area contributed by atoms with Crippen LogP contribution in [0.15, 0.2) is 41.5 Å². The molecule has 0 fully saturated rings. The average Bonchev–Trinajstić information content (AvgIpc) is 3.22. The molecule has 4 rings (SSSR count). The Bertz CT molecular complexity index is 1230. The molecule has 29 heavy (non-hydrogen) atoms. The smallest absolute Gasteiger partial charge is 0.345 e. The number of halogens is 3. The predicted octanol–water partition coefficient (Wildman–Crippen LogP) is 3.00. The second-order valence-electron chi connectivity index (χ2n) is 6.74. The van der Waals surface area contributed by atoms with Gasteiger partial charge in [0.1, 0.15) is 11.3 Å². The first-order valence-corrected chi connectivity index (χ1v) is 8.63. The summed E-state index contributed by atoms with van der Waals surface area (Å²) in [6.45, 7) is 3.61. The summed E-state index contributed by atoms with van der Waals surface area (Å²) in [6.07, 6.45) is -1.67. The van der Waals surface area contributed by atoms with Gasteiger partial charge in [-0.1, -0.05) is 0 Å². The van der Waals surface area contributed by atoms with E-state index in [0.717, 1.165) is 21.5 Å². The predicted molar refractivity (Wildman–Crippen MR) is 98.2 cm³/mol. The number of rotatable bonds is 2. The molecule has 8 nitrogen and oxygen atoms in total. The molecule has 2 aromatic rings. The number of carbonyl (C=O) groups is 1. The summed E-state index contributed by atoms with van der Waals surface area (Å²) in [6, 6.07) is 3.58. The maximum atomic E-state index is 12.8. The molecular formula is C18H15F3N6O2. The number of benzene rings is 1. The van der Waals surface area contributed by atoms with Crippen LogP contribution in [0.5, 0.6) is 0 Å². The summed E-state index contributed by atoms with van der Waals surface area (Å²) >= 11 is 0. The fraction of sp³-hybridized carbons (Fsp3) is 0.222. The Morgan fingerprint density at radius 2 is 1.90 bits per heavy atom. The minimum Gasteiger partial charge on any atom is -0.345 e. The highest BCUT2D eigenvalue weighted by molar-refractivity contribution is 5.95. The molecule has 0 saturated heterocycles. The zero-order valence-corrected chi connectivity index (χ0v) is 15.3. The summed E-state index contributed by atoms with van der Waals surface area (Å²) in [5.41, 5.74) is -0.283. The number of hydrogen-bond acceptors (Lipinski definition) is 4. The van der Waals surface area contributed by atoms with Gasteiger partial charge in [0, 0.05) is 12.2 Å². The summed E-state index contributed by atoms with van der Waals surface area (Å²) in [5, 5.41) is 11.4. The molecule has 0 spiro atoms. The Morgan fingerprint density at radius 1 is 1.21 bits per heavy atom. The number of fused-ring (bicyclic) bond motifs is 3. The first-order valence-electron chi connectivity index (χ1n) is 8.63. The van der Waals surface area contributed by atoms with E-state index in [0.29, 0.717) is 11.0 Å². The van der Waals surface area contributed by atoms with Crippen molar-refractivity contribution in [2.75, 3.05) is 0 Å². The van der Waals surface area contributed by atoms with Gasteiger partial charge in [-0.2, -0.15) is 32.7 Å². The van der Waals surface area contributed by atoms with Crippen molar-refractivity contribution < 1.29 is 18.0 Å². The van der Waals surface area contributed by atoms with E-state index in [4.69, 9.17) is 0 Å². The molecule has 0 atom stereocenters. The van der Waals surface area contributed by atoms with Crippen molar-refractivity contribution >= 4 is 17.1 Å². The number of hydrogen-bond donors (Lipinski definition) is 2. The maximum Gasteiger partial charge on any atom is 0.416 e. The second kappa shape index (κ2) is 6.47. The molecule has 0 radical (unpaired) electrons. The number of carbonyl (C=O) groups excluding carboxylic acids is 1. The van der Waals surface area contributed by atoms with E-state index in [1.165, 1.54) is 24.5 Å². The van der Waals surface area contributed by atoms with Crippen LogP contribution in [0.4, 0.5) is 18.0 Å². The molecule has 2 aliphatic heterocycles. The number of pyridine rings is 1. The van der Waals surface area contributed by atoms with Crippen molar-refractivity contribution in [2.45, 2.75) is 26.1 Å². The van der Waals surface area contributed by atoms with Crippen LogP contribution in [-0.4, -0.2) is 36.6 Å². The quantitative estimate of drug-likeness (QED) is 0.537. The van der Waals surface area contributed by atoms with Crippen molar-refractivity contribution in [3.8, 4) is 16.9 Å². The van der Waals surface area contributed by atoms with Gasteiger partial charge in [0.05, 0.1) is 28.4 Å². The number of amides is 1. The number of nitrogens with zero attached hydrogens (tertiary/aromatic N) is 4. The van der Waals surface area contributed by atoms with E-state index in [9.17, 15) is 22.8 Å². The third-order valence-electron chi connectivity index (χ3n) is 4.30. The second-order valence-corrected chi connectivity index (χ2v) is 6.74. The van der Waals surface area contributed by atoms with Crippen molar-refractivity contribution in [3.05, 3.63) is 52.6 Å². The minimum atomic E-state index is -4.47. The van der Waals surface area contributed by atoms with Crippen LogP contribution in [0.25, 0.3) is 28.0 Å². The van der Waals surface area contributed by atoms with Crippen molar-refractivity contribution in [2.24, 2.45) is 0 Å². The van der Waals surface area contributed by atoms with Gasteiger partial charge in [-0.05, 0) is 38.1 Å². The maximum absolute atomic E-state index is 12.8. The highest BCUT2D eigenvalue weighted by atomic mass is 19.4. The molecule has 1 amide bonds. The Morgan fingerprint density at radius 3 is 2.52 bits per heavy atom. The topological polar surface area (TPSA) is 97.6 Å². The van der Waals surface area contributed by atoms with E-state index in [2.05, 4.69) is 20.5 Å². The molecule has 0 bridgehead atoms. The first-order chi connectivity index (χ1) is 13.7. The average molecular weight is 404 g/mol. The zero-order chi connectivity index (χ0) is 20.9. The van der Waals surface area contributed by atoms with E-state index in [1.807, 2.05) is 0 Å². The monoisotopic (exact) mass is 404 g/mol. The van der Waals surface area contributed by atoms with Crippen LogP contribution in [0.1, 0.15) is 19.4 Å². The van der Waals surface area contributed by atoms with E-state index in [-0.39, 0.29) is 23.0 Å². The van der Waals surface area contributed by atoms with Crippen LogP contribution < -0.4 is 10.9 Å². The summed E-state index contributed by atoms with van der Waals surface area (Å²) in [4.78, 5) is 27.8. The molecule has 2 N–H and O–H groups in total. The van der Waals surface area contributed by atoms with Crippen molar-refractivity contribution in [1.29, 1.82) is 0 Å². The number of aromatic amines is 1. The van der Waals surface area contributed by atoms with Gasteiger partial charge in [-0.25, -0.2) is 4.79 Å². The fourth-order valence-corrected chi connectivity index (χ4v) is 2.97. The number of nitrogens with one attached hydrogen (secondary N) is 2. The van der Waals surface area contributed by atoms with Crippen LogP contribution in [0.2, 0.25) is 0 Å². The van der Waals surface area contributed by atoms with Crippen molar-refractivity contribution in [3.63, 3.8) is 0 Å². The van der Waals surface area contributed by atoms with E-state index < -0.39 is 23.3 Å². The largest absolute Gasteiger partial charge is 0.416 e. The van der Waals surface area contributed by atoms with E-state index >= 15 is 0 Å². The Balaban J connectivity index is 1.82. The standard InChI is InChI=1S/C18H15F3N6O2/c1-9(2)24-17(29)27-15-12(8-23-27)14-13(7-22-15)16(28)26(25-14)11-5-3-10(4-6-11)18(19,20)21/h3-9,22H,1-2H3,(H,24,29). The number of aromatic nitrogens is 5. The Kier molecular flexibility index (Phi) is 4.17. The lowest BCUT2D eigenvalue weighted by Gasteiger charge is -2.08. The number of H-pyrrole nitrogens is 1. The third-order valence-corrected chi connectivity index (χ3v) is 4.30. The molecule has 0 saturated carbocycles. The minimum absolute atomic E-state index is 0.0994. The van der Waals surface area contributed by atoms with Gasteiger partial charge in [0.2, 0.25) is 0 Å². The van der Waals surface area contributed by atoms with Gasteiger partial charge in [-0.3, -0.25) is 4.79 Å². The van der Waals surface area contributed by atoms with Crippen LogP contribution in [-0.2, 0) is 6.18 Å². The Labute approximate surface area is 161 Å². The molecule has 1 aromatic carbocycles. The van der Waals surface area contributed by atoms with Gasteiger partial charge in [0.15, 0.2) is 0 Å². The van der Waals surface area contributed by atoms with Crippen LogP contribution in [0.3, 0.4) is 0 Å². The normalized spacial score (nSPS) is 12.2.